The van der Waals surface area contributed by atoms with Crippen LogP contribution in [0, 0.1) is 13.8 Å². The van der Waals surface area contributed by atoms with Crippen molar-refractivity contribution >= 4 is 5.96 Å². The van der Waals surface area contributed by atoms with Gasteiger partial charge in [0, 0.05) is 51.7 Å². The van der Waals surface area contributed by atoms with E-state index in [0.717, 1.165) is 83.3 Å². The highest BCUT2D eigenvalue weighted by Gasteiger charge is 2.13. The lowest BCUT2D eigenvalue weighted by Crippen LogP contribution is -2.38. The van der Waals surface area contributed by atoms with Crippen LogP contribution in [0.15, 0.2) is 11.1 Å². The lowest BCUT2D eigenvalue weighted by molar-refractivity contribution is -0.0320. The minimum Gasteiger partial charge on any atom is -0.381 e. The minimum absolute atomic E-state index is 0.375. The first-order valence-electron chi connectivity index (χ1n) is 9.91. The molecule has 1 aliphatic rings. The second-order valence-corrected chi connectivity index (χ2v) is 6.73. The van der Waals surface area contributed by atoms with E-state index in [2.05, 4.69) is 45.3 Å². The maximum atomic E-state index is 5.90. The number of nitrogens with one attached hydrogen (secondary N) is 2. The zero-order valence-corrected chi connectivity index (χ0v) is 16.6. The molecule has 0 aromatic carbocycles. The van der Waals surface area contributed by atoms with E-state index in [9.17, 15) is 0 Å². The van der Waals surface area contributed by atoms with Crippen molar-refractivity contribution in [2.75, 3.05) is 39.5 Å². The second kappa shape index (κ2) is 11.9. The Hall–Kier alpha value is -1.60. The van der Waals surface area contributed by atoms with Crippen LogP contribution in [0.1, 0.15) is 44.0 Å². The van der Waals surface area contributed by atoms with Crippen LogP contribution in [0.5, 0.6) is 0 Å². The molecule has 0 amide bonds. The third kappa shape index (κ3) is 7.74. The quantitative estimate of drug-likeness (QED) is 0.377. The van der Waals surface area contributed by atoms with Crippen molar-refractivity contribution in [3.8, 4) is 0 Å². The van der Waals surface area contributed by atoms with E-state index in [1.54, 1.807) is 0 Å². The van der Waals surface area contributed by atoms with Gasteiger partial charge in [-0.25, -0.2) is 0 Å². The maximum absolute atomic E-state index is 5.90. The molecule has 0 aliphatic carbocycles. The van der Waals surface area contributed by atoms with E-state index in [-0.39, 0.29) is 0 Å². The Morgan fingerprint density at radius 3 is 2.81 bits per heavy atom. The van der Waals surface area contributed by atoms with E-state index in [4.69, 9.17) is 9.47 Å². The number of hydrogen-bond donors (Lipinski definition) is 2. The minimum atomic E-state index is 0.375. The van der Waals surface area contributed by atoms with Crippen LogP contribution in [-0.2, 0) is 16.0 Å². The van der Waals surface area contributed by atoms with Crippen molar-refractivity contribution in [1.82, 2.24) is 20.4 Å². The Bertz CT molecular complexity index is 538. The summed E-state index contributed by atoms with van der Waals surface area (Å²) < 4.78 is 13.3. The molecule has 7 nitrogen and oxygen atoms in total. The number of guanidine groups is 1. The molecule has 0 bridgehead atoms. The van der Waals surface area contributed by atoms with E-state index in [1.165, 1.54) is 5.69 Å². The molecule has 0 atom stereocenters. The number of aromatic nitrogens is 2. The molecule has 1 saturated heterocycles. The molecule has 2 N–H and O–H groups in total. The zero-order valence-electron chi connectivity index (χ0n) is 16.6. The standard InChI is InChI=1S/C19H35N5O2/c1-4-20-19(21-9-5-11-24-17(3)15-16(2)23-24)22-10-6-12-26-18-7-13-25-14-8-18/h15,18H,4-14H2,1-3H3,(H2,20,21,22). The van der Waals surface area contributed by atoms with Crippen LogP contribution in [0.2, 0.25) is 0 Å². The molecule has 2 heterocycles. The largest absolute Gasteiger partial charge is 0.381 e. The number of aryl methyl sites for hydroxylation is 3. The SMILES string of the molecule is CCNC(=NCCCn1nc(C)cc1C)NCCCOC1CCOCC1. The van der Waals surface area contributed by atoms with Gasteiger partial charge in [-0.05, 0) is 52.5 Å². The molecule has 0 saturated carbocycles. The molecule has 1 aliphatic heterocycles. The number of hydrogen-bond acceptors (Lipinski definition) is 4. The molecule has 1 aromatic rings. The Morgan fingerprint density at radius 1 is 1.31 bits per heavy atom. The van der Waals surface area contributed by atoms with Gasteiger partial charge in [0.05, 0.1) is 11.8 Å². The predicted octanol–water partition coefficient (Wildman–Crippen LogP) is 2.03. The van der Waals surface area contributed by atoms with Crippen molar-refractivity contribution in [3.05, 3.63) is 17.5 Å². The summed E-state index contributed by atoms with van der Waals surface area (Å²) >= 11 is 0. The van der Waals surface area contributed by atoms with E-state index >= 15 is 0 Å². The first-order chi connectivity index (χ1) is 12.7. The highest BCUT2D eigenvalue weighted by molar-refractivity contribution is 5.79. The van der Waals surface area contributed by atoms with Crippen molar-refractivity contribution in [1.29, 1.82) is 0 Å². The van der Waals surface area contributed by atoms with Gasteiger partial charge in [-0.2, -0.15) is 5.10 Å². The van der Waals surface area contributed by atoms with Crippen molar-refractivity contribution in [3.63, 3.8) is 0 Å². The topological polar surface area (TPSA) is 72.7 Å². The summed E-state index contributed by atoms with van der Waals surface area (Å²) in [5.41, 5.74) is 2.28. The smallest absolute Gasteiger partial charge is 0.191 e. The molecule has 0 unspecified atom stereocenters. The number of rotatable bonds is 10. The van der Waals surface area contributed by atoms with Crippen molar-refractivity contribution in [2.45, 2.75) is 59.1 Å². The average molecular weight is 366 g/mol. The van der Waals surface area contributed by atoms with Crippen molar-refractivity contribution < 1.29 is 9.47 Å². The highest BCUT2D eigenvalue weighted by Crippen LogP contribution is 2.10. The van der Waals surface area contributed by atoms with Gasteiger partial charge in [0.1, 0.15) is 0 Å². The Labute approximate surface area is 157 Å². The van der Waals surface area contributed by atoms with E-state index < -0.39 is 0 Å². The van der Waals surface area contributed by atoms with Gasteiger partial charge in [-0.3, -0.25) is 9.67 Å². The Kier molecular flexibility index (Phi) is 9.48. The van der Waals surface area contributed by atoms with Crippen LogP contribution in [0.4, 0.5) is 0 Å². The summed E-state index contributed by atoms with van der Waals surface area (Å²) in [6, 6.07) is 2.11. The first kappa shape index (κ1) is 20.7. The van der Waals surface area contributed by atoms with Crippen LogP contribution >= 0.6 is 0 Å². The molecule has 1 aromatic heterocycles. The zero-order chi connectivity index (χ0) is 18.6. The van der Waals surface area contributed by atoms with E-state index in [0.29, 0.717) is 6.10 Å². The monoisotopic (exact) mass is 365 g/mol. The molecule has 7 heteroatoms. The first-order valence-corrected chi connectivity index (χ1v) is 9.91. The third-order valence-corrected chi connectivity index (χ3v) is 4.38. The summed E-state index contributed by atoms with van der Waals surface area (Å²) in [6.45, 7) is 12.1. The maximum Gasteiger partial charge on any atom is 0.191 e. The van der Waals surface area contributed by atoms with Crippen LogP contribution in [0.25, 0.3) is 0 Å². The number of ether oxygens (including phenoxy) is 2. The van der Waals surface area contributed by atoms with Crippen molar-refractivity contribution in [2.24, 2.45) is 4.99 Å². The van der Waals surface area contributed by atoms with Gasteiger partial charge in [-0.1, -0.05) is 0 Å². The average Bonchev–Trinajstić information content (AvgIpc) is 2.96. The second-order valence-electron chi connectivity index (χ2n) is 6.73. The molecule has 148 valence electrons. The number of aliphatic imine (C=N–C) groups is 1. The Morgan fingerprint density at radius 2 is 2.12 bits per heavy atom. The summed E-state index contributed by atoms with van der Waals surface area (Å²) in [4.78, 5) is 4.65. The summed E-state index contributed by atoms with van der Waals surface area (Å²) in [5, 5.41) is 11.2. The predicted molar refractivity (Wildman–Crippen MR) is 105 cm³/mol. The lowest BCUT2D eigenvalue weighted by Gasteiger charge is -2.22. The molecule has 0 spiro atoms. The molecule has 26 heavy (non-hydrogen) atoms. The fourth-order valence-electron chi connectivity index (χ4n) is 3.03. The summed E-state index contributed by atoms with van der Waals surface area (Å²) in [5.74, 6) is 0.881. The summed E-state index contributed by atoms with van der Waals surface area (Å²) in [6.07, 6.45) is 4.37. The molecule has 1 fully saturated rings. The van der Waals surface area contributed by atoms with E-state index in [1.807, 2.05) is 6.92 Å². The fourth-order valence-corrected chi connectivity index (χ4v) is 3.03. The van der Waals surface area contributed by atoms with Gasteiger partial charge in [-0.15, -0.1) is 0 Å². The number of nitrogens with zero attached hydrogens (tertiary/aromatic N) is 3. The van der Waals surface area contributed by atoms with Crippen LogP contribution in [-0.4, -0.2) is 61.3 Å². The lowest BCUT2D eigenvalue weighted by atomic mass is 10.1. The summed E-state index contributed by atoms with van der Waals surface area (Å²) in [7, 11) is 0. The third-order valence-electron chi connectivity index (χ3n) is 4.38. The van der Waals surface area contributed by atoms with Gasteiger partial charge < -0.3 is 20.1 Å². The molecule has 2 rings (SSSR count). The molecular formula is C19H35N5O2. The van der Waals surface area contributed by atoms with Gasteiger partial charge in [0.2, 0.25) is 0 Å². The molecule has 0 radical (unpaired) electrons. The normalized spacial score (nSPS) is 16.0. The van der Waals surface area contributed by atoms with Crippen LogP contribution < -0.4 is 10.6 Å². The fraction of sp³-hybridized carbons (Fsp3) is 0.789. The molecular weight excluding hydrogens is 330 g/mol. The van der Waals surface area contributed by atoms with Gasteiger partial charge in [0.25, 0.3) is 0 Å². The van der Waals surface area contributed by atoms with Gasteiger partial charge in [0.15, 0.2) is 5.96 Å². The highest BCUT2D eigenvalue weighted by atomic mass is 16.5. The van der Waals surface area contributed by atoms with Gasteiger partial charge >= 0.3 is 0 Å². The Balaban J connectivity index is 1.60. The van der Waals surface area contributed by atoms with Crippen LogP contribution in [0.3, 0.4) is 0 Å².